The number of aliphatic carboxylic acids is 1. The van der Waals surface area contributed by atoms with Crippen molar-refractivity contribution in [1.82, 2.24) is 9.55 Å². The number of benzene rings is 2. The van der Waals surface area contributed by atoms with Gasteiger partial charge in [-0.3, -0.25) is 9.59 Å². The first-order valence-electron chi connectivity index (χ1n) is 9.97. The third-order valence-corrected chi connectivity index (χ3v) is 4.83. The number of amides is 1. The molecule has 0 radical (unpaired) electrons. The monoisotopic (exact) mass is 393 g/mol. The highest BCUT2D eigenvalue weighted by Gasteiger charge is 2.21. The van der Waals surface area contributed by atoms with Crippen LogP contribution in [0.2, 0.25) is 0 Å². The third-order valence-electron chi connectivity index (χ3n) is 4.83. The van der Waals surface area contributed by atoms with E-state index < -0.39 is 5.97 Å². The number of fused-ring (bicyclic) bond motifs is 1. The maximum Gasteiger partial charge on any atom is 0.323 e. The van der Waals surface area contributed by atoms with Crippen LogP contribution in [0.3, 0.4) is 0 Å². The van der Waals surface area contributed by atoms with E-state index >= 15 is 0 Å². The predicted molar refractivity (Wildman–Crippen MR) is 114 cm³/mol. The van der Waals surface area contributed by atoms with E-state index in [2.05, 4.69) is 4.98 Å². The van der Waals surface area contributed by atoms with E-state index in [9.17, 15) is 14.7 Å². The van der Waals surface area contributed by atoms with Gasteiger partial charge >= 0.3 is 5.97 Å². The van der Waals surface area contributed by atoms with E-state index in [1.807, 2.05) is 69.3 Å². The molecular formula is C23H27N3O3. The first kappa shape index (κ1) is 20.6. The van der Waals surface area contributed by atoms with Gasteiger partial charge in [0.25, 0.3) is 0 Å². The lowest BCUT2D eigenvalue weighted by atomic mass is 10.1. The van der Waals surface area contributed by atoms with Gasteiger partial charge in [0, 0.05) is 18.0 Å². The van der Waals surface area contributed by atoms with Crippen LogP contribution < -0.4 is 4.90 Å². The van der Waals surface area contributed by atoms with Gasteiger partial charge in [-0.1, -0.05) is 51.1 Å². The van der Waals surface area contributed by atoms with Crippen molar-refractivity contribution in [3.63, 3.8) is 0 Å². The summed E-state index contributed by atoms with van der Waals surface area (Å²) in [5.41, 5.74) is 3.30. The number of nitrogens with zero attached hydrogens (tertiary/aromatic N) is 3. The minimum absolute atomic E-state index is 0.0342. The lowest BCUT2D eigenvalue weighted by molar-refractivity contribution is -0.137. The van der Waals surface area contributed by atoms with Crippen LogP contribution in [0.15, 0.2) is 48.5 Å². The highest BCUT2D eigenvalue weighted by atomic mass is 16.4. The first-order valence-corrected chi connectivity index (χ1v) is 9.97. The lowest BCUT2D eigenvalue weighted by Crippen LogP contribution is -2.33. The highest BCUT2D eigenvalue weighted by Crippen LogP contribution is 2.26. The summed E-state index contributed by atoms with van der Waals surface area (Å²) in [6.45, 7) is 6.17. The topological polar surface area (TPSA) is 75.4 Å². The number of aryl methyl sites for hydroxylation is 1. The molecule has 152 valence electrons. The maximum absolute atomic E-state index is 12.9. The van der Waals surface area contributed by atoms with Crippen molar-refractivity contribution in [2.24, 2.45) is 5.92 Å². The van der Waals surface area contributed by atoms with Crippen LogP contribution in [0, 0.1) is 5.92 Å². The van der Waals surface area contributed by atoms with E-state index in [1.165, 1.54) is 0 Å². The number of carboxylic acids is 1. The fourth-order valence-corrected chi connectivity index (χ4v) is 3.44. The van der Waals surface area contributed by atoms with Gasteiger partial charge in [0.05, 0.1) is 17.6 Å². The minimum Gasteiger partial charge on any atom is -0.480 e. The van der Waals surface area contributed by atoms with E-state index in [0.717, 1.165) is 29.0 Å². The number of aromatic nitrogens is 2. The second-order valence-electron chi connectivity index (χ2n) is 7.50. The van der Waals surface area contributed by atoms with Crippen molar-refractivity contribution >= 4 is 28.6 Å². The molecule has 0 fully saturated rings. The van der Waals surface area contributed by atoms with Gasteiger partial charge in [-0.2, -0.15) is 0 Å². The Morgan fingerprint density at radius 1 is 1.14 bits per heavy atom. The minimum atomic E-state index is -0.897. The standard InChI is InChI=1S/C23H27N3O3/c1-4-8-21-24-19-13-18(11-12-20(19)26(21)15-22(27)28)25(23(29)16(2)3)14-17-9-6-5-7-10-17/h5-7,9-13,16H,4,8,14-15H2,1-3H3,(H,27,28). The largest absolute Gasteiger partial charge is 0.480 e. The van der Waals surface area contributed by atoms with Crippen molar-refractivity contribution in [3.8, 4) is 0 Å². The van der Waals surface area contributed by atoms with Gasteiger partial charge in [0.1, 0.15) is 12.4 Å². The quantitative estimate of drug-likeness (QED) is 0.620. The van der Waals surface area contributed by atoms with Crippen LogP contribution in [-0.2, 0) is 29.1 Å². The number of carbonyl (C=O) groups excluding carboxylic acids is 1. The third kappa shape index (κ3) is 4.65. The van der Waals surface area contributed by atoms with Crippen LogP contribution >= 0.6 is 0 Å². The molecule has 0 saturated carbocycles. The summed E-state index contributed by atoms with van der Waals surface area (Å²) in [6, 6.07) is 15.5. The number of rotatable bonds is 8. The first-order chi connectivity index (χ1) is 13.9. The molecule has 0 unspecified atom stereocenters. The molecular weight excluding hydrogens is 366 g/mol. The Balaban J connectivity index is 2.04. The molecule has 1 heterocycles. The van der Waals surface area contributed by atoms with Gasteiger partial charge in [0.15, 0.2) is 0 Å². The molecule has 2 aromatic carbocycles. The van der Waals surface area contributed by atoms with Crippen LogP contribution in [0.5, 0.6) is 0 Å². The number of carbonyl (C=O) groups is 2. The summed E-state index contributed by atoms with van der Waals surface area (Å²) < 4.78 is 1.75. The SMILES string of the molecule is CCCc1nc2cc(N(Cc3ccccc3)C(=O)C(C)C)ccc2n1CC(=O)O. The molecule has 0 aliphatic rings. The zero-order valence-electron chi connectivity index (χ0n) is 17.1. The van der Waals surface area contributed by atoms with Crippen LogP contribution in [-0.4, -0.2) is 26.5 Å². The normalized spacial score (nSPS) is 11.2. The van der Waals surface area contributed by atoms with Crippen molar-refractivity contribution in [2.45, 2.75) is 46.7 Å². The van der Waals surface area contributed by atoms with Gasteiger partial charge in [-0.05, 0) is 30.2 Å². The molecule has 6 heteroatoms. The van der Waals surface area contributed by atoms with E-state index in [-0.39, 0.29) is 18.4 Å². The molecule has 1 aromatic heterocycles. The molecule has 1 N–H and O–H groups in total. The smallest absolute Gasteiger partial charge is 0.323 e. The molecule has 3 aromatic rings. The number of imidazole rings is 1. The van der Waals surface area contributed by atoms with Crippen LogP contribution in [0.4, 0.5) is 5.69 Å². The van der Waals surface area contributed by atoms with Gasteiger partial charge in [-0.25, -0.2) is 4.98 Å². The lowest BCUT2D eigenvalue weighted by Gasteiger charge is -2.25. The number of carboxylic acid groups (broad SMARTS) is 1. The number of hydrogen-bond donors (Lipinski definition) is 1. The zero-order chi connectivity index (χ0) is 21.0. The molecule has 0 atom stereocenters. The Labute approximate surface area is 170 Å². The molecule has 29 heavy (non-hydrogen) atoms. The Hall–Kier alpha value is -3.15. The fourth-order valence-electron chi connectivity index (χ4n) is 3.44. The molecule has 0 aliphatic carbocycles. The van der Waals surface area contributed by atoms with Crippen molar-refractivity contribution in [2.75, 3.05) is 4.90 Å². The summed E-state index contributed by atoms with van der Waals surface area (Å²) in [5, 5.41) is 9.28. The van der Waals surface area contributed by atoms with E-state index in [1.54, 1.807) is 9.47 Å². The molecule has 0 bridgehead atoms. The van der Waals surface area contributed by atoms with Crippen LogP contribution in [0.25, 0.3) is 11.0 Å². The average molecular weight is 393 g/mol. The van der Waals surface area contributed by atoms with Gasteiger partial charge in [0.2, 0.25) is 5.91 Å². The van der Waals surface area contributed by atoms with Crippen molar-refractivity contribution in [3.05, 3.63) is 59.9 Å². The summed E-state index contributed by atoms with van der Waals surface area (Å²) in [7, 11) is 0. The molecule has 1 amide bonds. The highest BCUT2D eigenvalue weighted by molar-refractivity contribution is 5.96. The summed E-state index contributed by atoms with van der Waals surface area (Å²) >= 11 is 0. The molecule has 6 nitrogen and oxygen atoms in total. The number of hydrogen-bond acceptors (Lipinski definition) is 3. The summed E-state index contributed by atoms with van der Waals surface area (Å²) in [5.74, 6) is -0.250. The van der Waals surface area contributed by atoms with Gasteiger partial charge < -0.3 is 14.6 Å². The second-order valence-corrected chi connectivity index (χ2v) is 7.50. The van der Waals surface area contributed by atoms with Crippen molar-refractivity contribution < 1.29 is 14.7 Å². The zero-order valence-corrected chi connectivity index (χ0v) is 17.1. The predicted octanol–water partition coefficient (Wildman–Crippen LogP) is 4.26. The number of anilines is 1. The van der Waals surface area contributed by atoms with Crippen LogP contribution in [0.1, 0.15) is 38.6 Å². The second kappa shape index (κ2) is 8.90. The maximum atomic E-state index is 12.9. The van der Waals surface area contributed by atoms with Crippen molar-refractivity contribution in [1.29, 1.82) is 0 Å². The van der Waals surface area contributed by atoms with E-state index in [0.29, 0.717) is 18.5 Å². The fraction of sp³-hybridized carbons (Fsp3) is 0.348. The Morgan fingerprint density at radius 2 is 1.86 bits per heavy atom. The van der Waals surface area contributed by atoms with E-state index in [4.69, 9.17) is 0 Å². The summed E-state index contributed by atoms with van der Waals surface area (Å²) in [6.07, 6.45) is 1.58. The molecule has 3 rings (SSSR count). The molecule has 0 aliphatic heterocycles. The molecule has 0 spiro atoms. The average Bonchev–Trinajstić information content (AvgIpc) is 3.02. The Bertz CT molecular complexity index is 1010. The van der Waals surface area contributed by atoms with Gasteiger partial charge in [-0.15, -0.1) is 0 Å². The molecule has 0 saturated heterocycles. The Morgan fingerprint density at radius 3 is 2.48 bits per heavy atom. The summed E-state index contributed by atoms with van der Waals surface area (Å²) in [4.78, 5) is 30.7. The Kier molecular flexibility index (Phi) is 6.32.